The zero-order chi connectivity index (χ0) is 21.5. The van der Waals surface area contributed by atoms with Crippen LogP contribution in [-0.4, -0.2) is 23.2 Å². The van der Waals surface area contributed by atoms with Gasteiger partial charge in [0.2, 0.25) is 5.91 Å². The topological polar surface area (TPSA) is 84.1 Å². The van der Waals surface area contributed by atoms with Crippen molar-refractivity contribution in [2.24, 2.45) is 5.92 Å². The quantitative estimate of drug-likeness (QED) is 0.539. The normalized spacial score (nSPS) is 11.1. The molecule has 0 bridgehead atoms. The zero-order valence-corrected chi connectivity index (χ0v) is 17.8. The number of aromatic nitrogens is 2. The number of aromatic amines is 1. The molecule has 0 unspecified atom stereocenters. The average Bonchev–Trinajstić information content (AvgIpc) is 2.76. The number of nitrogens with zero attached hydrogens (tertiary/aromatic N) is 1. The minimum Gasteiger partial charge on any atom is -0.497 e. The number of nitrogens with one attached hydrogen (secondary N) is 2. The first kappa shape index (κ1) is 21.6. The van der Waals surface area contributed by atoms with Gasteiger partial charge < -0.3 is 10.1 Å². The fraction of sp³-hybridized carbons (Fsp3) is 0.375. The molecule has 0 fully saturated rings. The van der Waals surface area contributed by atoms with Crippen LogP contribution in [0.15, 0.2) is 47.3 Å². The van der Waals surface area contributed by atoms with E-state index in [1.54, 1.807) is 13.2 Å². The number of H-pyrrole nitrogens is 1. The van der Waals surface area contributed by atoms with Crippen LogP contribution in [-0.2, 0) is 11.2 Å². The van der Waals surface area contributed by atoms with Crippen LogP contribution in [0.3, 0.4) is 0 Å². The summed E-state index contributed by atoms with van der Waals surface area (Å²) in [6.07, 6.45) is 4.22. The van der Waals surface area contributed by atoms with E-state index in [0.717, 1.165) is 48.1 Å². The van der Waals surface area contributed by atoms with Gasteiger partial charge in [0.05, 0.1) is 18.2 Å². The van der Waals surface area contributed by atoms with Gasteiger partial charge in [0.25, 0.3) is 5.56 Å². The summed E-state index contributed by atoms with van der Waals surface area (Å²) in [6.45, 7) is 4.17. The number of anilines is 1. The molecular weight excluding hydrogens is 378 g/mol. The SMILES string of the molecule is CCCC(CCC)C(=O)Nc1ccc2c(Cc3cccc(OC)c3)n[nH]c(=O)c2c1. The molecule has 30 heavy (non-hydrogen) atoms. The molecule has 0 aliphatic rings. The minimum atomic E-state index is -0.269. The fourth-order valence-corrected chi connectivity index (χ4v) is 3.76. The summed E-state index contributed by atoms with van der Waals surface area (Å²) in [5.74, 6) is 0.787. The monoisotopic (exact) mass is 407 g/mol. The Labute approximate surface area is 176 Å². The number of ether oxygens (including phenoxy) is 1. The number of hydrogen-bond acceptors (Lipinski definition) is 4. The van der Waals surface area contributed by atoms with Crippen LogP contribution in [0.5, 0.6) is 5.75 Å². The van der Waals surface area contributed by atoms with Crippen LogP contribution >= 0.6 is 0 Å². The van der Waals surface area contributed by atoms with Crippen LogP contribution in [0.4, 0.5) is 5.69 Å². The van der Waals surface area contributed by atoms with E-state index in [0.29, 0.717) is 17.5 Å². The van der Waals surface area contributed by atoms with Gasteiger partial charge in [-0.1, -0.05) is 44.9 Å². The van der Waals surface area contributed by atoms with E-state index in [9.17, 15) is 9.59 Å². The third-order valence-electron chi connectivity index (χ3n) is 5.29. The molecule has 0 spiro atoms. The number of benzene rings is 2. The second-order valence-corrected chi connectivity index (χ2v) is 7.55. The van der Waals surface area contributed by atoms with E-state index >= 15 is 0 Å². The van der Waals surface area contributed by atoms with Crippen molar-refractivity contribution in [1.82, 2.24) is 10.2 Å². The van der Waals surface area contributed by atoms with Gasteiger partial charge in [0, 0.05) is 23.4 Å². The summed E-state index contributed by atoms with van der Waals surface area (Å²) in [5.41, 5.74) is 2.17. The molecule has 0 atom stereocenters. The lowest BCUT2D eigenvalue weighted by molar-refractivity contribution is -0.120. The average molecular weight is 408 g/mol. The van der Waals surface area contributed by atoms with E-state index in [-0.39, 0.29) is 17.4 Å². The summed E-state index contributed by atoms with van der Waals surface area (Å²) in [7, 11) is 1.63. The van der Waals surface area contributed by atoms with Crippen molar-refractivity contribution in [3.63, 3.8) is 0 Å². The van der Waals surface area contributed by atoms with Crippen LogP contribution in [0.1, 0.15) is 50.8 Å². The standard InChI is InChI=1S/C24H29N3O3/c1-4-7-17(8-5-2)23(28)25-18-11-12-20-21(15-18)24(29)27-26-22(20)14-16-9-6-10-19(13-16)30-3/h6,9-13,15,17H,4-5,7-8,14H2,1-3H3,(H,25,28)(H,27,29). The molecule has 1 aromatic heterocycles. The molecule has 2 aromatic carbocycles. The highest BCUT2D eigenvalue weighted by atomic mass is 16.5. The first-order valence-corrected chi connectivity index (χ1v) is 10.5. The van der Waals surface area contributed by atoms with Gasteiger partial charge in [-0.25, -0.2) is 5.10 Å². The van der Waals surface area contributed by atoms with Gasteiger partial charge in [-0.05, 0) is 42.7 Å². The van der Waals surface area contributed by atoms with Gasteiger partial charge >= 0.3 is 0 Å². The number of fused-ring (bicyclic) bond motifs is 1. The largest absolute Gasteiger partial charge is 0.497 e. The van der Waals surface area contributed by atoms with Gasteiger partial charge in [-0.15, -0.1) is 0 Å². The molecule has 0 aliphatic heterocycles. The number of methoxy groups -OCH3 is 1. The molecule has 0 radical (unpaired) electrons. The molecular formula is C24H29N3O3. The van der Waals surface area contributed by atoms with E-state index in [2.05, 4.69) is 29.4 Å². The maximum atomic E-state index is 12.7. The van der Waals surface area contributed by atoms with Crippen molar-refractivity contribution < 1.29 is 9.53 Å². The highest BCUT2D eigenvalue weighted by molar-refractivity contribution is 5.95. The van der Waals surface area contributed by atoms with Crippen LogP contribution < -0.4 is 15.6 Å². The molecule has 0 aliphatic carbocycles. The predicted molar refractivity (Wildman–Crippen MR) is 120 cm³/mol. The Morgan fingerprint density at radius 1 is 1.10 bits per heavy atom. The third-order valence-corrected chi connectivity index (χ3v) is 5.29. The van der Waals surface area contributed by atoms with Crippen LogP contribution in [0.25, 0.3) is 10.8 Å². The lowest BCUT2D eigenvalue weighted by Gasteiger charge is -2.15. The Bertz CT molecular complexity index is 1070. The number of rotatable bonds is 9. The fourth-order valence-electron chi connectivity index (χ4n) is 3.76. The summed E-state index contributed by atoms with van der Waals surface area (Å²) < 4.78 is 5.29. The van der Waals surface area contributed by atoms with E-state index < -0.39 is 0 Å². The van der Waals surface area contributed by atoms with Crippen LogP contribution in [0, 0.1) is 5.92 Å². The van der Waals surface area contributed by atoms with Crippen LogP contribution in [0.2, 0.25) is 0 Å². The first-order chi connectivity index (χ1) is 14.5. The molecule has 3 aromatic rings. The van der Waals surface area contributed by atoms with Gasteiger partial charge in [-0.3, -0.25) is 9.59 Å². The van der Waals surface area contributed by atoms with Crippen molar-refractivity contribution in [2.75, 3.05) is 12.4 Å². The van der Waals surface area contributed by atoms with Crippen molar-refractivity contribution >= 4 is 22.4 Å². The zero-order valence-electron chi connectivity index (χ0n) is 17.8. The van der Waals surface area contributed by atoms with Gasteiger partial charge in [0.1, 0.15) is 5.75 Å². The molecule has 6 nitrogen and oxygen atoms in total. The summed E-state index contributed by atoms with van der Waals surface area (Å²) in [6, 6.07) is 13.2. The van der Waals surface area contributed by atoms with E-state index in [1.165, 1.54) is 0 Å². The molecule has 3 rings (SSSR count). The predicted octanol–water partition coefficient (Wildman–Crippen LogP) is 4.68. The number of carbonyl (C=O) groups excluding carboxylic acids is 1. The Morgan fingerprint density at radius 3 is 2.57 bits per heavy atom. The van der Waals surface area contributed by atoms with E-state index in [1.807, 2.05) is 36.4 Å². The number of hydrogen-bond donors (Lipinski definition) is 2. The Balaban J connectivity index is 1.88. The number of carbonyl (C=O) groups is 1. The smallest absolute Gasteiger partial charge is 0.272 e. The highest BCUT2D eigenvalue weighted by Crippen LogP contribution is 2.23. The molecule has 0 saturated heterocycles. The molecule has 0 saturated carbocycles. The Hall–Kier alpha value is -3.15. The molecule has 1 heterocycles. The van der Waals surface area contributed by atoms with Crippen molar-refractivity contribution in [3.05, 3.63) is 64.1 Å². The minimum absolute atomic E-state index is 0.00459. The molecule has 1 amide bonds. The number of amides is 1. The summed E-state index contributed by atoms with van der Waals surface area (Å²) in [5, 5.41) is 11.1. The third kappa shape index (κ3) is 5.06. The molecule has 158 valence electrons. The van der Waals surface area contributed by atoms with Gasteiger partial charge in [-0.2, -0.15) is 5.10 Å². The lowest BCUT2D eigenvalue weighted by Crippen LogP contribution is -2.23. The highest BCUT2D eigenvalue weighted by Gasteiger charge is 2.17. The summed E-state index contributed by atoms with van der Waals surface area (Å²) >= 11 is 0. The Morgan fingerprint density at radius 2 is 1.87 bits per heavy atom. The van der Waals surface area contributed by atoms with Crippen molar-refractivity contribution in [2.45, 2.75) is 46.0 Å². The second kappa shape index (κ2) is 10.1. The molecule has 6 heteroatoms. The second-order valence-electron chi connectivity index (χ2n) is 7.55. The van der Waals surface area contributed by atoms with E-state index in [4.69, 9.17) is 4.74 Å². The summed E-state index contributed by atoms with van der Waals surface area (Å²) in [4.78, 5) is 25.1. The molecule has 2 N–H and O–H groups in total. The Kier molecular flexibility index (Phi) is 7.22. The lowest BCUT2D eigenvalue weighted by atomic mass is 9.97. The maximum Gasteiger partial charge on any atom is 0.272 e. The van der Waals surface area contributed by atoms with Crippen molar-refractivity contribution in [3.8, 4) is 5.75 Å². The van der Waals surface area contributed by atoms with Crippen molar-refractivity contribution in [1.29, 1.82) is 0 Å². The first-order valence-electron chi connectivity index (χ1n) is 10.5. The maximum absolute atomic E-state index is 12.7. The van der Waals surface area contributed by atoms with Gasteiger partial charge in [0.15, 0.2) is 0 Å².